The molecule has 150 valence electrons. The van der Waals surface area contributed by atoms with E-state index in [0.29, 0.717) is 30.0 Å². The lowest BCUT2D eigenvalue weighted by atomic mass is 10.0. The summed E-state index contributed by atoms with van der Waals surface area (Å²) in [5, 5.41) is 7.03. The van der Waals surface area contributed by atoms with Crippen LogP contribution in [0, 0.1) is 11.8 Å². The van der Waals surface area contributed by atoms with Crippen molar-refractivity contribution in [1.82, 2.24) is 15.5 Å². The summed E-state index contributed by atoms with van der Waals surface area (Å²) in [6.07, 6.45) is 1.27. The minimum absolute atomic E-state index is 0. The van der Waals surface area contributed by atoms with Crippen molar-refractivity contribution in [2.75, 3.05) is 32.8 Å². The van der Waals surface area contributed by atoms with Crippen LogP contribution >= 0.6 is 24.0 Å². The smallest absolute Gasteiger partial charge is 0.191 e. The van der Waals surface area contributed by atoms with E-state index in [2.05, 4.69) is 64.0 Å². The number of nitrogens with one attached hydrogen (secondary N) is 2. The molecule has 1 rings (SSSR count). The van der Waals surface area contributed by atoms with Gasteiger partial charge in [0.2, 0.25) is 0 Å². The van der Waals surface area contributed by atoms with E-state index < -0.39 is 0 Å². The molecule has 0 aromatic rings. The molecule has 3 atom stereocenters. The normalized spacial score (nSPS) is 23.0. The van der Waals surface area contributed by atoms with Gasteiger partial charge >= 0.3 is 0 Å². The van der Waals surface area contributed by atoms with E-state index in [9.17, 15) is 0 Å². The number of ether oxygens (including phenoxy) is 1. The number of nitrogens with zero attached hydrogens (tertiary/aromatic N) is 2. The van der Waals surface area contributed by atoms with Crippen LogP contribution in [-0.4, -0.2) is 61.8 Å². The first-order chi connectivity index (χ1) is 11.4. The van der Waals surface area contributed by atoms with Gasteiger partial charge in [0.25, 0.3) is 0 Å². The number of likely N-dealkylation sites (tertiary alicyclic amines) is 1. The zero-order chi connectivity index (χ0) is 18.1. The summed E-state index contributed by atoms with van der Waals surface area (Å²) in [5.74, 6) is 2.12. The van der Waals surface area contributed by atoms with Gasteiger partial charge in [0.1, 0.15) is 0 Å². The van der Waals surface area contributed by atoms with Crippen molar-refractivity contribution in [3.63, 3.8) is 0 Å². The van der Waals surface area contributed by atoms with Crippen LogP contribution in [0.5, 0.6) is 0 Å². The Morgan fingerprint density at radius 1 is 1.20 bits per heavy atom. The fourth-order valence-corrected chi connectivity index (χ4v) is 3.24. The molecule has 0 saturated carbocycles. The minimum Gasteiger partial charge on any atom is -0.378 e. The summed E-state index contributed by atoms with van der Waals surface area (Å²) in [5.41, 5.74) is 0. The second-order valence-electron chi connectivity index (χ2n) is 7.56. The van der Waals surface area contributed by atoms with Crippen molar-refractivity contribution >= 4 is 29.9 Å². The van der Waals surface area contributed by atoms with Gasteiger partial charge in [-0.3, -0.25) is 9.89 Å². The average molecular weight is 468 g/mol. The monoisotopic (exact) mass is 468 g/mol. The molecule has 0 radical (unpaired) electrons. The highest BCUT2D eigenvalue weighted by atomic mass is 127. The predicted molar refractivity (Wildman–Crippen MR) is 119 cm³/mol. The first kappa shape index (κ1) is 24.9. The Labute approximate surface area is 172 Å². The van der Waals surface area contributed by atoms with Gasteiger partial charge in [0, 0.05) is 44.9 Å². The molecule has 0 aromatic heterocycles. The molecule has 6 heteroatoms. The number of hydrogen-bond donors (Lipinski definition) is 2. The molecule has 1 fully saturated rings. The lowest BCUT2D eigenvalue weighted by Crippen LogP contribution is -2.47. The van der Waals surface area contributed by atoms with Crippen LogP contribution in [0.15, 0.2) is 4.99 Å². The van der Waals surface area contributed by atoms with Crippen LogP contribution in [-0.2, 0) is 4.74 Å². The molecule has 2 N–H and O–H groups in total. The Balaban J connectivity index is 0.00000576. The summed E-state index contributed by atoms with van der Waals surface area (Å²) < 4.78 is 5.82. The highest BCUT2D eigenvalue weighted by Crippen LogP contribution is 2.18. The molecule has 0 aromatic carbocycles. The molecule has 25 heavy (non-hydrogen) atoms. The van der Waals surface area contributed by atoms with E-state index in [1.165, 1.54) is 0 Å². The van der Waals surface area contributed by atoms with Gasteiger partial charge in [0.15, 0.2) is 5.96 Å². The van der Waals surface area contributed by atoms with E-state index >= 15 is 0 Å². The third-order valence-corrected chi connectivity index (χ3v) is 4.85. The quantitative estimate of drug-likeness (QED) is 0.310. The van der Waals surface area contributed by atoms with Crippen LogP contribution < -0.4 is 10.6 Å². The van der Waals surface area contributed by atoms with Crippen LogP contribution in [0.3, 0.4) is 0 Å². The maximum atomic E-state index is 5.82. The Kier molecular flexibility index (Phi) is 13.1. The van der Waals surface area contributed by atoms with Crippen molar-refractivity contribution < 1.29 is 4.74 Å². The molecule has 1 heterocycles. The molecule has 1 aliphatic rings. The highest BCUT2D eigenvalue weighted by Gasteiger charge is 2.31. The van der Waals surface area contributed by atoms with Crippen molar-refractivity contribution in [2.45, 2.75) is 73.1 Å². The summed E-state index contributed by atoms with van der Waals surface area (Å²) in [6.45, 7) is 20.2. The summed E-state index contributed by atoms with van der Waals surface area (Å²) in [7, 11) is 0. The van der Waals surface area contributed by atoms with Crippen LogP contribution in [0.1, 0.15) is 54.9 Å². The van der Waals surface area contributed by atoms with E-state index in [1.54, 1.807) is 0 Å². The minimum atomic E-state index is 0. The summed E-state index contributed by atoms with van der Waals surface area (Å²) in [4.78, 5) is 7.32. The first-order valence-corrected chi connectivity index (χ1v) is 9.79. The number of guanidine groups is 1. The maximum absolute atomic E-state index is 5.82. The zero-order valence-corrected chi connectivity index (χ0v) is 19.7. The maximum Gasteiger partial charge on any atom is 0.191 e. The summed E-state index contributed by atoms with van der Waals surface area (Å²) >= 11 is 0. The van der Waals surface area contributed by atoms with E-state index in [-0.39, 0.29) is 24.0 Å². The molecular weight excluding hydrogens is 427 g/mol. The van der Waals surface area contributed by atoms with Gasteiger partial charge in [-0.1, -0.05) is 20.8 Å². The predicted octanol–water partition coefficient (Wildman–Crippen LogP) is 3.34. The third kappa shape index (κ3) is 8.91. The van der Waals surface area contributed by atoms with Crippen LogP contribution in [0.2, 0.25) is 0 Å². The second kappa shape index (κ2) is 13.1. The van der Waals surface area contributed by atoms with Gasteiger partial charge in [-0.2, -0.15) is 0 Å². The first-order valence-electron chi connectivity index (χ1n) is 9.79. The van der Waals surface area contributed by atoms with Crippen molar-refractivity contribution in [3.05, 3.63) is 0 Å². The topological polar surface area (TPSA) is 48.9 Å². The number of hydrogen-bond acceptors (Lipinski definition) is 3. The molecule has 0 spiro atoms. The molecule has 0 aliphatic carbocycles. The van der Waals surface area contributed by atoms with Gasteiger partial charge < -0.3 is 15.4 Å². The third-order valence-electron chi connectivity index (χ3n) is 4.85. The molecule has 5 nitrogen and oxygen atoms in total. The van der Waals surface area contributed by atoms with Gasteiger partial charge in [-0.05, 0) is 46.0 Å². The summed E-state index contributed by atoms with van der Waals surface area (Å²) in [6, 6.07) is 1.08. The molecule has 1 saturated heterocycles. The van der Waals surface area contributed by atoms with Gasteiger partial charge in [-0.25, -0.2) is 0 Å². The van der Waals surface area contributed by atoms with Gasteiger partial charge in [0.05, 0.1) is 6.10 Å². The molecule has 1 aliphatic heterocycles. The second-order valence-corrected chi connectivity index (χ2v) is 7.56. The average Bonchev–Trinajstić information content (AvgIpc) is 2.87. The van der Waals surface area contributed by atoms with E-state index in [1.807, 2.05) is 0 Å². The van der Waals surface area contributed by atoms with Crippen LogP contribution in [0.4, 0.5) is 0 Å². The molecular formula is C19H41IN4O. The van der Waals surface area contributed by atoms with E-state index in [0.717, 1.165) is 45.2 Å². The van der Waals surface area contributed by atoms with Crippen molar-refractivity contribution in [3.8, 4) is 0 Å². The SMILES string of the molecule is CCNC(=NCCC(OCC)C(C)C)NC1CN(C(C)C)CC1C.I. The lowest BCUT2D eigenvalue weighted by Gasteiger charge is -2.22. The number of halogens is 1. The molecule has 3 unspecified atom stereocenters. The Bertz CT molecular complexity index is 376. The lowest BCUT2D eigenvalue weighted by molar-refractivity contribution is 0.0266. The Morgan fingerprint density at radius 3 is 2.36 bits per heavy atom. The Morgan fingerprint density at radius 2 is 1.88 bits per heavy atom. The molecule has 0 bridgehead atoms. The van der Waals surface area contributed by atoms with E-state index in [4.69, 9.17) is 9.73 Å². The number of rotatable bonds is 9. The van der Waals surface area contributed by atoms with Crippen molar-refractivity contribution in [2.24, 2.45) is 16.8 Å². The largest absolute Gasteiger partial charge is 0.378 e. The highest BCUT2D eigenvalue weighted by molar-refractivity contribution is 14.0. The number of aliphatic imine (C=N–C) groups is 1. The fraction of sp³-hybridized carbons (Fsp3) is 0.947. The van der Waals surface area contributed by atoms with Gasteiger partial charge in [-0.15, -0.1) is 24.0 Å². The fourth-order valence-electron chi connectivity index (χ4n) is 3.24. The Hall–Kier alpha value is -0.0800. The van der Waals surface area contributed by atoms with Crippen molar-refractivity contribution in [1.29, 1.82) is 0 Å². The molecule has 0 amide bonds. The standard InChI is InChI=1S/C19H40N4O.HI/c1-8-20-19(21-11-10-18(14(3)4)24-9-2)22-17-13-23(15(5)6)12-16(17)7;/h14-18H,8-13H2,1-7H3,(H2,20,21,22);1H. The zero-order valence-electron chi connectivity index (χ0n) is 17.3. The van der Waals surface area contributed by atoms with Crippen LogP contribution in [0.25, 0.3) is 0 Å².